The number of rotatable bonds is 2. The maximum Gasteiger partial charge on any atom is 0.126 e. The molecule has 1 N–H and O–H groups in total. The molecule has 0 spiro atoms. The third kappa shape index (κ3) is 2.25. The summed E-state index contributed by atoms with van der Waals surface area (Å²) in [6.45, 7) is 4.77. The molecule has 0 radical (unpaired) electrons. The highest BCUT2D eigenvalue weighted by atomic mass is 15.0. The van der Waals surface area contributed by atoms with Crippen LogP contribution in [0.15, 0.2) is 12.1 Å². The number of nitrogens with zero attached hydrogens (tertiary/aromatic N) is 1. The van der Waals surface area contributed by atoms with Gasteiger partial charge in [0.1, 0.15) is 5.82 Å². The van der Waals surface area contributed by atoms with Crippen LogP contribution in [0.3, 0.4) is 0 Å². The van der Waals surface area contributed by atoms with Gasteiger partial charge in [0.25, 0.3) is 0 Å². The normalized spacial score (nSPS) is 31.1. The second-order valence-corrected chi connectivity index (χ2v) is 6.17. The van der Waals surface area contributed by atoms with E-state index < -0.39 is 0 Å². The molecule has 3 rings (SSSR count). The van der Waals surface area contributed by atoms with Crippen molar-refractivity contribution in [2.24, 2.45) is 11.8 Å². The van der Waals surface area contributed by atoms with E-state index in [4.69, 9.17) is 4.98 Å². The summed E-state index contributed by atoms with van der Waals surface area (Å²) in [4.78, 5) is 4.80. The van der Waals surface area contributed by atoms with E-state index in [9.17, 15) is 0 Å². The zero-order valence-electron chi connectivity index (χ0n) is 11.6. The number of nitrogens with one attached hydrogen (secondary N) is 1. The highest BCUT2D eigenvalue weighted by Crippen LogP contribution is 2.31. The average Bonchev–Trinajstić information content (AvgIpc) is 2.82. The molecule has 1 heterocycles. The van der Waals surface area contributed by atoms with Crippen LogP contribution in [0.4, 0.5) is 5.82 Å². The zero-order valence-corrected chi connectivity index (χ0v) is 11.6. The van der Waals surface area contributed by atoms with Crippen LogP contribution in [0, 0.1) is 11.8 Å². The topological polar surface area (TPSA) is 24.9 Å². The smallest absolute Gasteiger partial charge is 0.126 e. The third-order valence-corrected chi connectivity index (χ3v) is 4.97. The van der Waals surface area contributed by atoms with Crippen LogP contribution in [0.5, 0.6) is 0 Å². The number of aromatic nitrogens is 1. The van der Waals surface area contributed by atoms with E-state index in [0.717, 1.165) is 17.7 Å². The molecule has 1 aromatic heterocycles. The SMILES string of the molecule is CC1CCCC(Nc2ccc3c(n2)CCC3)C1C. The molecule has 2 aliphatic rings. The Morgan fingerprint density at radius 2 is 2.00 bits per heavy atom. The molecule has 1 fully saturated rings. The molecule has 2 heteroatoms. The molecule has 2 nitrogen and oxygen atoms in total. The Morgan fingerprint density at radius 3 is 2.89 bits per heavy atom. The zero-order chi connectivity index (χ0) is 12.5. The lowest BCUT2D eigenvalue weighted by molar-refractivity contribution is 0.253. The largest absolute Gasteiger partial charge is 0.367 e. The number of aryl methyl sites for hydroxylation is 2. The second kappa shape index (κ2) is 4.91. The maximum absolute atomic E-state index is 4.80. The first-order valence-corrected chi connectivity index (χ1v) is 7.49. The van der Waals surface area contributed by atoms with Crippen molar-refractivity contribution in [1.29, 1.82) is 0 Å². The number of anilines is 1. The first-order valence-electron chi connectivity index (χ1n) is 7.49. The first kappa shape index (κ1) is 12.0. The van der Waals surface area contributed by atoms with Gasteiger partial charge in [0.2, 0.25) is 0 Å². The lowest BCUT2D eigenvalue weighted by Gasteiger charge is -2.35. The van der Waals surface area contributed by atoms with E-state index in [1.807, 2.05) is 0 Å². The van der Waals surface area contributed by atoms with E-state index >= 15 is 0 Å². The van der Waals surface area contributed by atoms with Gasteiger partial charge in [-0.15, -0.1) is 0 Å². The molecule has 18 heavy (non-hydrogen) atoms. The number of pyridine rings is 1. The summed E-state index contributed by atoms with van der Waals surface area (Å²) in [6, 6.07) is 5.06. The van der Waals surface area contributed by atoms with Gasteiger partial charge >= 0.3 is 0 Å². The van der Waals surface area contributed by atoms with Crippen LogP contribution in [-0.2, 0) is 12.8 Å². The molecule has 0 aliphatic heterocycles. The first-order chi connectivity index (χ1) is 8.74. The van der Waals surface area contributed by atoms with Crippen molar-refractivity contribution in [3.63, 3.8) is 0 Å². The Balaban J connectivity index is 1.72. The van der Waals surface area contributed by atoms with Gasteiger partial charge in [-0.05, 0) is 49.1 Å². The molecule has 0 bridgehead atoms. The van der Waals surface area contributed by atoms with Crippen molar-refractivity contribution in [3.8, 4) is 0 Å². The molecular formula is C16H24N2. The van der Waals surface area contributed by atoms with Crippen molar-refractivity contribution < 1.29 is 0 Å². The van der Waals surface area contributed by atoms with E-state index in [0.29, 0.717) is 6.04 Å². The minimum Gasteiger partial charge on any atom is -0.367 e. The molecule has 0 aromatic carbocycles. The van der Waals surface area contributed by atoms with E-state index in [1.54, 1.807) is 0 Å². The van der Waals surface area contributed by atoms with E-state index in [-0.39, 0.29) is 0 Å². The van der Waals surface area contributed by atoms with Crippen LogP contribution in [-0.4, -0.2) is 11.0 Å². The monoisotopic (exact) mass is 244 g/mol. The molecule has 1 saturated carbocycles. The number of hydrogen-bond donors (Lipinski definition) is 1. The summed E-state index contributed by atoms with van der Waals surface area (Å²) in [6.07, 6.45) is 7.71. The summed E-state index contributed by atoms with van der Waals surface area (Å²) < 4.78 is 0. The second-order valence-electron chi connectivity index (χ2n) is 6.17. The quantitative estimate of drug-likeness (QED) is 0.855. The third-order valence-electron chi connectivity index (χ3n) is 4.97. The van der Waals surface area contributed by atoms with Gasteiger partial charge in [0.05, 0.1) is 0 Å². The lowest BCUT2D eigenvalue weighted by atomic mass is 9.78. The Kier molecular flexibility index (Phi) is 3.27. The molecule has 98 valence electrons. The Morgan fingerprint density at radius 1 is 1.11 bits per heavy atom. The molecule has 0 saturated heterocycles. The maximum atomic E-state index is 4.80. The molecular weight excluding hydrogens is 220 g/mol. The van der Waals surface area contributed by atoms with Crippen molar-refractivity contribution in [2.45, 2.75) is 58.4 Å². The average molecular weight is 244 g/mol. The Labute approximate surface area is 110 Å². The summed E-state index contributed by atoms with van der Waals surface area (Å²) in [5, 5.41) is 3.68. The van der Waals surface area contributed by atoms with Gasteiger partial charge < -0.3 is 5.32 Å². The van der Waals surface area contributed by atoms with Crippen molar-refractivity contribution in [1.82, 2.24) is 4.98 Å². The fourth-order valence-electron chi connectivity index (χ4n) is 3.48. The standard InChI is InChI=1S/C16H24N2/c1-11-5-3-7-14(12(11)2)17-16-10-9-13-6-4-8-15(13)18-16/h9-12,14H,3-8H2,1-2H3,(H,17,18). The van der Waals surface area contributed by atoms with E-state index in [2.05, 4.69) is 31.3 Å². The fourth-order valence-corrected chi connectivity index (χ4v) is 3.48. The van der Waals surface area contributed by atoms with Gasteiger partial charge in [-0.1, -0.05) is 32.8 Å². The fraction of sp³-hybridized carbons (Fsp3) is 0.688. The lowest BCUT2D eigenvalue weighted by Crippen LogP contribution is -2.35. The predicted octanol–water partition coefficient (Wildman–Crippen LogP) is 3.81. The Hall–Kier alpha value is -1.05. The van der Waals surface area contributed by atoms with Gasteiger partial charge in [-0.25, -0.2) is 4.98 Å². The molecule has 0 amide bonds. The van der Waals surface area contributed by atoms with Crippen molar-refractivity contribution >= 4 is 5.82 Å². The van der Waals surface area contributed by atoms with Gasteiger partial charge in [-0.2, -0.15) is 0 Å². The van der Waals surface area contributed by atoms with Crippen LogP contribution in [0.25, 0.3) is 0 Å². The van der Waals surface area contributed by atoms with Gasteiger partial charge in [0.15, 0.2) is 0 Å². The van der Waals surface area contributed by atoms with Crippen LogP contribution in [0.2, 0.25) is 0 Å². The van der Waals surface area contributed by atoms with Crippen LogP contribution in [0.1, 0.15) is 50.8 Å². The van der Waals surface area contributed by atoms with Crippen LogP contribution >= 0.6 is 0 Å². The van der Waals surface area contributed by atoms with E-state index in [1.165, 1.54) is 49.8 Å². The Bertz CT molecular complexity index is 427. The van der Waals surface area contributed by atoms with Crippen molar-refractivity contribution in [2.75, 3.05) is 5.32 Å². The molecule has 3 atom stereocenters. The summed E-state index contributed by atoms with van der Waals surface area (Å²) in [7, 11) is 0. The van der Waals surface area contributed by atoms with Crippen molar-refractivity contribution in [3.05, 3.63) is 23.4 Å². The highest BCUT2D eigenvalue weighted by Gasteiger charge is 2.27. The van der Waals surface area contributed by atoms with Gasteiger partial charge in [-0.3, -0.25) is 0 Å². The minimum absolute atomic E-state index is 0.612. The summed E-state index contributed by atoms with van der Waals surface area (Å²) in [5.41, 5.74) is 2.79. The molecule has 1 aromatic rings. The summed E-state index contributed by atoms with van der Waals surface area (Å²) in [5.74, 6) is 2.70. The highest BCUT2D eigenvalue weighted by molar-refractivity contribution is 5.41. The molecule has 3 unspecified atom stereocenters. The predicted molar refractivity (Wildman–Crippen MR) is 75.9 cm³/mol. The minimum atomic E-state index is 0.612. The van der Waals surface area contributed by atoms with Crippen LogP contribution < -0.4 is 5.32 Å². The summed E-state index contributed by atoms with van der Waals surface area (Å²) >= 11 is 0. The number of hydrogen-bond acceptors (Lipinski definition) is 2. The molecule has 2 aliphatic carbocycles. The number of fused-ring (bicyclic) bond motifs is 1. The van der Waals surface area contributed by atoms with Gasteiger partial charge in [0, 0.05) is 11.7 Å².